The van der Waals surface area contributed by atoms with Crippen LogP contribution in [0.4, 0.5) is 0 Å². The Morgan fingerprint density at radius 2 is 1.89 bits per heavy atom. The Bertz CT molecular complexity index is 1040. The molecule has 0 radical (unpaired) electrons. The highest BCUT2D eigenvalue weighted by atomic mass is 32.2. The van der Waals surface area contributed by atoms with Crippen molar-refractivity contribution >= 4 is 22.2 Å². The second kappa shape index (κ2) is 7.16. The fourth-order valence-electron chi connectivity index (χ4n) is 3.27. The lowest BCUT2D eigenvalue weighted by atomic mass is 10.2. The molecule has 8 nitrogen and oxygen atoms in total. The maximum Gasteiger partial charge on any atom is 0.244 e. The zero-order valence-electron chi connectivity index (χ0n) is 14.7. The van der Waals surface area contributed by atoms with Crippen molar-refractivity contribution in [3.05, 3.63) is 40.9 Å². The Kier molecular flexibility index (Phi) is 4.86. The normalized spacial score (nSPS) is 19.1. The molecular weight excluding hydrogens is 384 g/mol. The third kappa shape index (κ3) is 3.55. The van der Waals surface area contributed by atoms with Gasteiger partial charge in [-0.2, -0.15) is 14.7 Å². The number of aromatic nitrogens is 3. The number of hydrogen-bond donors (Lipinski definition) is 0. The molecule has 142 valence electrons. The molecule has 0 amide bonds. The van der Waals surface area contributed by atoms with Gasteiger partial charge in [0, 0.05) is 32.2 Å². The number of nitrogens with zero attached hydrogens (tertiary/aromatic N) is 6. The van der Waals surface area contributed by atoms with Crippen molar-refractivity contribution in [2.75, 3.05) is 26.2 Å². The van der Waals surface area contributed by atoms with Crippen LogP contribution < -0.4 is 0 Å². The van der Waals surface area contributed by atoms with Crippen LogP contribution in [-0.2, 0) is 16.7 Å². The van der Waals surface area contributed by atoms with Crippen LogP contribution in [0.5, 0.6) is 0 Å². The summed E-state index contributed by atoms with van der Waals surface area (Å²) < 4.78 is 31.8. The average molecular weight is 405 g/mol. The highest BCUT2D eigenvalue weighted by Gasteiger charge is 2.31. The lowest BCUT2D eigenvalue weighted by Gasteiger charge is -2.33. The maximum absolute atomic E-state index is 12.9. The predicted molar refractivity (Wildman–Crippen MR) is 101 cm³/mol. The van der Waals surface area contributed by atoms with Crippen molar-refractivity contribution in [1.29, 1.82) is 5.26 Å². The Balaban J connectivity index is 1.43. The van der Waals surface area contributed by atoms with Gasteiger partial charge in [-0.3, -0.25) is 4.90 Å². The molecule has 2 fully saturated rings. The van der Waals surface area contributed by atoms with Crippen LogP contribution in [0.3, 0.4) is 0 Å². The van der Waals surface area contributed by atoms with Crippen molar-refractivity contribution in [3.8, 4) is 6.07 Å². The van der Waals surface area contributed by atoms with Crippen molar-refractivity contribution in [1.82, 2.24) is 23.6 Å². The van der Waals surface area contributed by atoms with E-state index in [0.717, 1.165) is 17.6 Å². The topological polar surface area (TPSA) is 87.2 Å². The number of piperazine rings is 1. The zero-order valence-corrected chi connectivity index (χ0v) is 16.4. The minimum atomic E-state index is -3.67. The first-order chi connectivity index (χ1) is 13.0. The van der Waals surface area contributed by atoms with Crippen LogP contribution in [0.2, 0.25) is 0 Å². The third-order valence-electron chi connectivity index (χ3n) is 4.99. The van der Waals surface area contributed by atoms with Gasteiger partial charge in [-0.05, 0) is 37.2 Å². The van der Waals surface area contributed by atoms with E-state index >= 15 is 0 Å². The lowest BCUT2D eigenvalue weighted by molar-refractivity contribution is 0.144. The van der Waals surface area contributed by atoms with E-state index in [1.165, 1.54) is 16.4 Å². The van der Waals surface area contributed by atoms with Crippen molar-refractivity contribution in [3.63, 3.8) is 0 Å². The molecule has 0 unspecified atom stereocenters. The van der Waals surface area contributed by atoms with Gasteiger partial charge in [-0.15, -0.1) is 0 Å². The average Bonchev–Trinajstić information content (AvgIpc) is 3.47. The standard InChI is InChI=1S/C17H20N6O2S2/c18-11-14-3-1-2-4-16(14)27(24,25)21-9-7-20(8-10-21)13-23-17(26)22(12-19-23)15-5-6-15/h1-4,12,15H,5-10,13H2. The molecule has 0 bridgehead atoms. The van der Waals surface area contributed by atoms with Crippen LogP contribution in [-0.4, -0.2) is 58.1 Å². The Morgan fingerprint density at radius 1 is 1.19 bits per heavy atom. The van der Waals surface area contributed by atoms with E-state index in [-0.39, 0.29) is 10.5 Å². The molecular formula is C17H20N6O2S2. The summed E-state index contributed by atoms with van der Waals surface area (Å²) in [5.41, 5.74) is 0.178. The van der Waals surface area contributed by atoms with Gasteiger partial charge in [0.25, 0.3) is 0 Å². The summed E-state index contributed by atoms with van der Waals surface area (Å²) in [6.45, 7) is 2.48. The smallest absolute Gasteiger partial charge is 0.244 e. The second-order valence-corrected chi connectivity index (χ2v) is 9.09. The molecule has 0 N–H and O–H groups in total. The maximum atomic E-state index is 12.9. The molecule has 1 aromatic carbocycles. The largest absolute Gasteiger partial charge is 0.303 e. The summed E-state index contributed by atoms with van der Waals surface area (Å²) in [5, 5.41) is 13.6. The third-order valence-corrected chi connectivity index (χ3v) is 7.37. The van der Waals surface area contributed by atoms with Gasteiger partial charge in [-0.25, -0.2) is 13.1 Å². The molecule has 1 aromatic heterocycles. The van der Waals surface area contributed by atoms with E-state index in [4.69, 9.17) is 12.2 Å². The van der Waals surface area contributed by atoms with Crippen LogP contribution in [0.15, 0.2) is 35.5 Å². The molecule has 1 saturated heterocycles. The second-order valence-electron chi connectivity index (χ2n) is 6.82. The van der Waals surface area contributed by atoms with E-state index < -0.39 is 10.0 Å². The Labute approximate surface area is 163 Å². The number of nitriles is 1. The molecule has 1 aliphatic heterocycles. The fraction of sp³-hybridized carbons (Fsp3) is 0.471. The molecule has 2 aliphatic rings. The van der Waals surface area contributed by atoms with Crippen LogP contribution in [0.1, 0.15) is 24.4 Å². The summed E-state index contributed by atoms with van der Waals surface area (Å²) in [5.74, 6) is 0. The fourth-order valence-corrected chi connectivity index (χ4v) is 5.14. The van der Waals surface area contributed by atoms with Gasteiger partial charge >= 0.3 is 0 Å². The van der Waals surface area contributed by atoms with E-state index in [1.54, 1.807) is 23.1 Å². The number of benzene rings is 1. The molecule has 0 spiro atoms. The quantitative estimate of drug-likeness (QED) is 0.704. The van der Waals surface area contributed by atoms with Gasteiger partial charge in [0.1, 0.15) is 12.4 Å². The molecule has 4 rings (SSSR count). The van der Waals surface area contributed by atoms with Gasteiger partial charge in [-0.1, -0.05) is 12.1 Å². The highest BCUT2D eigenvalue weighted by molar-refractivity contribution is 7.89. The lowest BCUT2D eigenvalue weighted by Crippen LogP contribution is -2.49. The first kappa shape index (κ1) is 18.3. The van der Waals surface area contributed by atoms with Gasteiger partial charge < -0.3 is 4.57 Å². The van der Waals surface area contributed by atoms with Crippen molar-refractivity contribution in [2.45, 2.75) is 30.4 Å². The van der Waals surface area contributed by atoms with Gasteiger partial charge in [0.15, 0.2) is 4.77 Å². The summed E-state index contributed by atoms with van der Waals surface area (Å²) in [7, 11) is -3.67. The number of sulfonamides is 1. The van der Waals surface area contributed by atoms with Crippen LogP contribution in [0.25, 0.3) is 0 Å². The molecule has 10 heteroatoms. The minimum absolute atomic E-state index is 0.0753. The van der Waals surface area contributed by atoms with Gasteiger partial charge in [0.05, 0.1) is 17.1 Å². The SMILES string of the molecule is N#Cc1ccccc1S(=O)(=O)N1CCN(Cn2ncn(C3CC3)c2=S)CC1. The first-order valence-corrected chi connectivity index (χ1v) is 10.7. The Hall–Kier alpha value is -2.06. The Morgan fingerprint density at radius 3 is 2.56 bits per heavy atom. The zero-order chi connectivity index (χ0) is 19.0. The van der Waals surface area contributed by atoms with E-state index in [9.17, 15) is 13.7 Å². The number of hydrogen-bond acceptors (Lipinski definition) is 6. The van der Waals surface area contributed by atoms with Gasteiger partial charge in [0.2, 0.25) is 10.0 Å². The molecule has 2 aromatic rings. The molecule has 27 heavy (non-hydrogen) atoms. The van der Waals surface area contributed by atoms with Crippen molar-refractivity contribution < 1.29 is 8.42 Å². The summed E-state index contributed by atoms with van der Waals surface area (Å²) in [4.78, 5) is 2.22. The summed E-state index contributed by atoms with van der Waals surface area (Å²) in [6, 6.07) is 8.78. The summed E-state index contributed by atoms with van der Waals surface area (Å²) >= 11 is 5.48. The van der Waals surface area contributed by atoms with E-state index in [0.29, 0.717) is 38.9 Å². The molecule has 0 atom stereocenters. The van der Waals surface area contributed by atoms with E-state index in [2.05, 4.69) is 10.00 Å². The van der Waals surface area contributed by atoms with Crippen LogP contribution >= 0.6 is 12.2 Å². The predicted octanol–water partition coefficient (Wildman–Crippen LogP) is 1.58. The van der Waals surface area contributed by atoms with Crippen LogP contribution in [0, 0.1) is 16.1 Å². The van der Waals surface area contributed by atoms with Crippen molar-refractivity contribution in [2.24, 2.45) is 0 Å². The number of rotatable bonds is 5. The highest BCUT2D eigenvalue weighted by Crippen LogP contribution is 2.34. The molecule has 1 saturated carbocycles. The molecule has 1 aliphatic carbocycles. The first-order valence-electron chi connectivity index (χ1n) is 8.86. The van der Waals surface area contributed by atoms with E-state index in [1.807, 2.05) is 10.6 Å². The monoisotopic (exact) mass is 404 g/mol. The summed E-state index contributed by atoms with van der Waals surface area (Å²) in [6.07, 6.45) is 4.10. The minimum Gasteiger partial charge on any atom is -0.303 e. The molecule has 2 heterocycles.